The molecule has 1 aromatic rings. The summed E-state index contributed by atoms with van der Waals surface area (Å²) in [6.07, 6.45) is 5.10. The molecule has 1 rings (SSSR count). The summed E-state index contributed by atoms with van der Waals surface area (Å²) in [7, 11) is 0. The lowest BCUT2D eigenvalue weighted by molar-refractivity contribution is -0.122. The van der Waals surface area contributed by atoms with Crippen molar-refractivity contribution in [2.45, 2.75) is 25.9 Å². The number of carbonyl (C=O) groups excluding carboxylic acids is 1. The number of halogens is 1. The van der Waals surface area contributed by atoms with Crippen molar-refractivity contribution in [2.24, 2.45) is 0 Å². The van der Waals surface area contributed by atoms with E-state index < -0.39 is 0 Å². The number of rotatable bonds is 5. The summed E-state index contributed by atoms with van der Waals surface area (Å²) in [6.45, 7) is 4.10. The Morgan fingerprint density at radius 1 is 1.44 bits per heavy atom. The first-order valence-electron chi connectivity index (χ1n) is 5.78. The van der Waals surface area contributed by atoms with Gasteiger partial charge in [0, 0.05) is 10.5 Å². The van der Waals surface area contributed by atoms with Crippen LogP contribution in [0.5, 0.6) is 0 Å². The van der Waals surface area contributed by atoms with E-state index in [1.165, 1.54) is 0 Å². The molecule has 18 heavy (non-hydrogen) atoms. The standard InChI is InChI=1S/C14H17BrN2O/c1-4-9-16-14(18)11(3)17-10(2)12-7-5-6-8-13(12)15/h1,5-8,10-11,17H,9H2,2-3H3,(H,16,18)/t10-,11?/m1/s1. The highest BCUT2D eigenvalue weighted by molar-refractivity contribution is 9.10. The van der Waals surface area contributed by atoms with E-state index in [-0.39, 0.29) is 24.5 Å². The summed E-state index contributed by atoms with van der Waals surface area (Å²) in [5, 5.41) is 5.89. The highest BCUT2D eigenvalue weighted by Crippen LogP contribution is 2.22. The second-order valence-electron chi connectivity index (χ2n) is 4.05. The Balaban J connectivity index is 2.60. The van der Waals surface area contributed by atoms with E-state index in [0.29, 0.717) is 0 Å². The summed E-state index contributed by atoms with van der Waals surface area (Å²) in [6, 6.07) is 7.72. The maximum atomic E-state index is 11.7. The molecule has 1 amide bonds. The summed E-state index contributed by atoms with van der Waals surface area (Å²) >= 11 is 3.50. The molecule has 0 aliphatic rings. The molecule has 0 aliphatic heterocycles. The largest absolute Gasteiger partial charge is 0.344 e. The monoisotopic (exact) mass is 308 g/mol. The third-order valence-corrected chi connectivity index (χ3v) is 3.35. The summed E-state index contributed by atoms with van der Waals surface area (Å²) in [4.78, 5) is 11.7. The van der Waals surface area contributed by atoms with Gasteiger partial charge in [0.2, 0.25) is 5.91 Å². The summed E-state index contributed by atoms with van der Waals surface area (Å²) in [5.74, 6) is 2.29. The van der Waals surface area contributed by atoms with E-state index in [9.17, 15) is 4.79 Å². The molecule has 3 nitrogen and oxygen atoms in total. The third kappa shape index (κ3) is 4.17. The van der Waals surface area contributed by atoms with Crippen LogP contribution >= 0.6 is 15.9 Å². The van der Waals surface area contributed by atoms with Crippen LogP contribution in [0.4, 0.5) is 0 Å². The van der Waals surface area contributed by atoms with Crippen LogP contribution in [0.25, 0.3) is 0 Å². The summed E-state index contributed by atoms with van der Waals surface area (Å²) < 4.78 is 1.03. The number of hydrogen-bond acceptors (Lipinski definition) is 2. The first kappa shape index (κ1) is 14.7. The van der Waals surface area contributed by atoms with Crippen molar-refractivity contribution < 1.29 is 4.79 Å². The molecule has 0 aromatic heterocycles. The molecule has 0 bridgehead atoms. The number of carbonyl (C=O) groups is 1. The topological polar surface area (TPSA) is 41.1 Å². The van der Waals surface area contributed by atoms with Gasteiger partial charge in [-0.2, -0.15) is 0 Å². The van der Waals surface area contributed by atoms with E-state index in [2.05, 4.69) is 32.5 Å². The molecule has 2 atom stereocenters. The third-order valence-electron chi connectivity index (χ3n) is 2.63. The van der Waals surface area contributed by atoms with E-state index >= 15 is 0 Å². The normalized spacial score (nSPS) is 13.4. The molecule has 0 saturated heterocycles. The van der Waals surface area contributed by atoms with E-state index in [0.717, 1.165) is 10.0 Å². The van der Waals surface area contributed by atoms with Crippen molar-refractivity contribution >= 4 is 21.8 Å². The van der Waals surface area contributed by atoms with Gasteiger partial charge in [0.1, 0.15) is 0 Å². The Hall–Kier alpha value is -1.31. The SMILES string of the molecule is C#CCNC(=O)C(C)N[C@H](C)c1ccccc1Br. The van der Waals surface area contributed by atoms with Crippen molar-refractivity contribution in [1.82, 2.24) is 10.6 Å². The van der Waals surface area contributed by atoms with Crippen molar-refractivity contribution in [2.75, 3.05) is 6.54 Å². The maximum absolute atomic E-state index is 11.7. The Kier molecular flexibility index (Phi) is 5.90. The highest BCUT2D eigenvalue weighted by atomic mass is 79.9. The van der Waals surface area contributed by atoms with Crippen molar-refractivity contribution in [3.05, 3.63) is 34.3 Å². The molecule has 2 N–H and O–H groups in total. The van der Waals surface area contributed by atoms with Gasteiger partial charge >= 0.3 is 0 Å². The molecule has 0 radical (unpaired) electrons. The highest BCUT2D eigenvalue weighted by Gasteiger charge is 2.16. The molecule has 1 unspecified atom stereocenters. The van der Waals surface area contributed by atoms with Crippen molar-refractivity contribution in [1.29, 1.82) is 0 Å². The van der Waals surface area contributed by atoms with E-state index in [1.54, 1.807) is 0 Å². The van der Waals surface area contributed by atoms with Crippen LogP contribution in [0.1, 0.15) is 25.5 Å². The van der Waals surface area contributed by atoms with Crippen LogP contribution in [-0.4, -0.2) is 18.5 Å². The molecule has 0 aliphatic carbocycles. The van der Waals surface area contributed by atoms with Crippen LogP contribution in [-0.2, 0) is 4.79 Å². The van der Waals surface area contributed by atoms with Crippen LogP contribution in [0, 0.1) is 12.3 Å². The second-order valence-corrected chi connectivity index (χ2v) is 4.91. The number of amides is 1. The first-order valence-corrected chi connectivity index (χ1v) is 6.57. The lowest BCUT2D eigenvalue weighted by Crippen LogP contribution is -2.43. The van der Waals surface area contributed by atoms with Gasteiger partial charge in [-0.05, 0) is 25.5 Å². The lowest BCUT2D eigenvalue weighted by Gasteiger charge is -2.20. The minimum absolute atomic E-state index is 0.0761. The van der Waals surface area contributed by atoms with Gasteiger partial charge in [-0.1, -0.05) is 40.0 Å². The number of nitrogens with one attached hydrogen (secondary N) is 2. The molecular weight excluding hydrogens is 292 g/mol. The van der Waals surface area contributed by atoms with Gasteiger partial charge in [-0.3, -0.25) is 10.1 Å². The summed E-state index contributed by atoms with van der Waals surface area (Å²) in [5.41, 5.74) is 1.12. The smallest absolute Gasteiger partial charge is 0.237 e. The first-order chi connectivity index (χ1) is 8.56. The quantitative estimate of drug-likeness (QED) is 0.819. The number of benzene rings is 1. The van der Waals surface area contributed by atoms with Crippen molar-refractivity contribution in [3.8, 4) is 12.3 Å². The predicted octanol–water partition coefficient (Wildman–Crippen LogP) is 2.24. The molecule has 0 fully saturated rings. The average Bonchev–Trinajstić information content (AvgIpc) is 2.36. The maximum Gasteiger partial charge on any atom is 0.237 e. The zero-order chi connectivity index (χ0) is 13.5. The van der Waals surface area contributed by atoms with Gasteiger partial charge in [0.25, 0.3) is 0 Å². The van der Waals surface area contributed by atoms with Crippen molar-refractivity contribution in [3.63, 3.8) is 0 Å². The molecular formula is C14H17BrN2O. The zero-order valence-corrected chi connectivity index (χ0v) is 12.1. The Bertz CT molecular complexity index is 453. The molecule has 4 heteroatoms. The van der Waals surface area contributed by atoms with Crippen LogP contribution in [0.2, 0.25) is 0 Å². The van der Waals surface area contributed by atoms with Crippen LogP contribution in [0.15, 0.2) is 28.7 Å². The Morgan fingerprint density at radius 3 is 2.72 bits per heavy atom. The lowest BCUT2D eigenvalue weighted by atomic mass is 10.1. The molecule has 0 heterocycles. The van der Waals surface area contributed by atoms with Gasteiger partial charge in [0.05, 0.1) is 12.6 Å². The van der Waals surface area contributed by atoms with Gasteiger partial charge < -0.3 is 5.32 Å². The fourth-order valence-electron chi connectivity index (χ4n) is 1.66. The van der Waals surface area contributed by atoms with Gasteiger partial charge in [-0.15, -0.1) is 6.42 Å². The molecule has 0 saturated carbocycles. The number of terminal acetylenes is 1. The fourth-order valence-corrected chi connectivity index (χ4v) is 2.29. The van der Waals surface area contributed by atoms with E-state index in [1.807, 2.05) is 38.1 Å². The Morgan fingerprint density at radius 2 is 2.11 bits per heavy atom. The van der Waals surface area contributed by atoms with Crippen LogP contribution < -0.4 is 10.6 Å². The molecule has 96 valence electrons. The zero-order valence-electron chi connectivity index (χ0n) is 10.5. The Labute approximate surface area is 116 Å². The predicted molar refractivity (Wildman–Crippen MR) is 77.0 cm³/mol. The minimum Gasteiger partial charge on any atom is -0.344 e. The molecule has 1 aromatic carbocycles. The number of hydrogen-bond donors (Lipinski definition) is 2. The average molecular weight is 309 g/mol. The second kappa shape index (κ2) is 7.20. The van der Waals surface area contributed by atoms with Gasteiger partial charge in [-0.25, -0.2) is 0 Å². The van der Waals surface area contributed by atoms with Crippen LogP contribution in [0.3, 0.4) is 0 Å². The van der Waals surface area contributed by atoms with Gasteiger partial charge in [0.15, 0.2) is 0 Å². The van der Waals surface area contributed by atoms with E-state index in [4.69, 9.17) is 6.42 Å². The minimum atomic E-state index is -0.291. The fraction of sp³-hybridized carbons (Fsp3) is 0.357. The molecule has 0 spiro atoms.